The zero-order chi connectivity index (χ0) is 15.3. The van der Waals surface area contributed by atoms with Crippen molar-refractivity contribution in [3.63, 3.8) is 0 Å². The van der Waals surface area contributed by atoms with Gasteiger partial charge in [-0.1, -0.05) is 30.3 Å². The molecule has 1 unspecified atom stereocenters. The molecule has 2 rings (SSSR count). The van der Waals surface area contributed by atoms with Crippen molar-refractivity contribution >= 4 is 11.8 Å². The topological polar surface area (TPSA) is 63.4 Å². The average molecular weight is 288 g/mol. The highest BCUT2D eigenvalue weighted by Crippen LogP contribution is 2.29. The monoisotopic (exact) mass is 288 g/mol. The summed E-state index contributed by atoms with van der Waals surface area (Å²) in [6, 6.07) is 10.2. The first-order valence-corrected chi connectivity index (χ1v) is 7.63. The lowest BCUT2D eigenvalue weighted by molar-refractivity contribution is -0.139. The maximum absolute atomic E-state index is 12.3. The molecule has 1 heterocycles. The van der Waals surface area contributed by atoms with Crippen LogP contribution in [0.4, 0.5) is 0 Å². The molecule has 1 fully saturated rings. The van der Waals surface area contributed by atoms with Crippen LogP contribution in [-0.4, -0.2) is 29.8 Å². The zero-order valence-corrected chi connectivity index (χ0v) is 12.7. The molecule has 114 valence electrons. The van der Waals surface area contributed by atoms with Crippen molar-refractivity contribution in [2.45, 2.75) is 39.0 Å². The molecule has 0 radical (unpaired) electrons. The standard InChI is InChI=1S/C17H24N2O2/c1-17(16(18)21)11-6-12-19(13-17)15(20)10-5-9-14-7-3-2-4-8-14/h2-4,7-8H,5-6,9-13H2,1H3,(H2,18,21). The number of hydrogen-bond acceptors (Lipinski definition) is 2. The van der Waals surface area contributed by atoms with Crippen molar-refractivity contribution in [3.8, 4) is 0 Å². The Kier molecular flexibility index (Phi) is 4.99. The fraction of sp³-hybridized carbons (Fsp3) is 0.529. The molecule has 1 aliphatic rings. The number of likely N-dealkylation sites (tertiary alicyclic amines) is 1. The summed E-state index contributed by atoms with van der Waals surface area (Å²) in [5.41, 5.74) is 6.16. The summed E-state index contributed by atoms with van der Waals surface area (Å²) in [4.78, 5) is 25.6. The molecule has 1 saturated heterocycles. The van der Waals surface area contributed by atoms with Gasteiger partial charge in [-0.2, -0.15) is 0 Å². The number of amides is 2. The van der Waals surface area contributed by atoms with E-state index in [1.54, 1.807) is 4.90 Å². The van der Waals surface area contributed by atoms with Gasteiger partial charge in [0.15, 0.2) is 0 Å². The van der Waals surface area contributed by atoms with Gasteiger partial charge in [-0.3, -0.25) is 9.59 Å². The van der Waals surface area contributed by atoms with Gasteiger partial charge in [0.05, 0.1) is 5.41 Å². The van der Waals surface area contributed by atoms with Crippen LogP contribution >= 0.6 is 0 Å². The molecule has 1 aromatic carbocycles. The smallest absolute Gasteiger partial charge is 0.225 e. The molecule has 2 amide bonds. The molecule has 21 heavy (non-hydrogen) atoms. The first kappa shape index (κ1) is 15.5. The van der Waals surface area contributed by atoms with Gasteiger partial charge in [-0.15, -0.1) is 0 Å². The second kappa shape index (κ2) is 6.74. The molecule has 4 heteroatoms. The summed E-state index contributed by atoms with van der Waals surface area (Å²) < 4.78 is 0. The number of carbonyl (C=O) groups is 2. The normalized spacial score (nSPS) is 22.0. The lowest BCUT2D eigenvalue weighted by Gasteiger charge is -2.38. The number of hydrogen-bond donors (Lipinski definition) is 1. The fourth-order valence-corrected chi connectivity index (χ4v) is 2.90. The summed E-state index contributed by atoms with van der Waals surface area (Å²) in [6.07, 6.45) is 3.91. The van der Waals surface area contributed by atoms with Gasteiger partial charge >= 0.3 is 0 Å². The average Bonchev–Trinajstić information content (AvgIpc) is 2.48. The molecule has 0 spiro atoms. The van der Waals surface area contributed by atoms with Gasteiger partial charge < -0.3 is 10.6 Å². The lowest BCUT2D eigenvalue weighted by atomic mass is 9.81. The number of rotatable bonds is 5. The largest absolute Gasteiger partial charge is 0.369 e. The zero-order valence-electron chi connectivity index (χ0n) is 12.7. The number of benzene rings is 1. The number of carbonyl (C=O) groups excluding carboxylic acids is 2. The highest BCUT2D eigenvalue weighted by Gasteiger charge is 2.37. The Morgan fingerprint density at radius 1 is 1.29 bits per heavy atom. The van der Waals surface area contributed by atoms with Gasteiger partial charge in [0.25, 0.3) is 0 Å². The van der Waals surface area contributed by atoms with Gasteiger partial charge in [-0.25, -0.2) is 0 Å². The van der Waals surface area contributed by atoms with Crippen LogP contribution in [0.25, 0.3) is 0 Å². The summed E-state index contributed by atoms with van der Waals surface area (Å²) in [5, 5.41) is 0. The van der Waals surface area contributed by atoms with Crippen molar-refractivity contribution in [2.75, 3.05) is 13.1 Å². The summed E-state index contributed by atoms with van der Waals surface area (Å²) in [7, 11) is 0. The number of nitrogens with two attached hydrogens (primary N) is 1. The third-order valence-electron chi connectivity index (χ3n) is 4.34. The molecule has 1 aliphatic heterocycles. The second-order valence-corrected chi connectivity index (χ2v) is 6.18. The predicted octanol–water partition coefficient (Wildman–Crippen LogP) is 2.12. The minimum Gasteiger partial charge on any atom is -0.369 e. The van der Waals surface area contributed by atoms with Gasteiger partial charge in [0, 0.05) is 19.5 Å². The van der Waals surface area contributed by atoms with Crippen molar-refractivity contribution in [1.29, 1.82) is 0 Å². The van der Waals surface area contributed by atoms with Crippen molar-refractivity contribution in [2.24, 2.45) is 11.1 Å². The van der Waals surface area contributed by atoms with Crippen LogP contribution in [0.1, 0.15) is 38.2 Å². The molecular formula is C17H24N2O2. The Morgan fingerprint density at radius 3 is 2.67 bits per heavy atom. The molecule has 1 aromatic rings. The summed E-state index contributed by atoms with van der Waals surface area (Å²) >= 11 is 0. The van der Waals surface area contributed by atoms with Crippen LogP contribution in [0.3, 0.4) is 0 Å². The Morgan fingerprint density at radius 2 is 2.00 bits per heavy atom. The van der Waals surface area contributed by atoms with Crippen molar-refractivity contribution in [1.82, 2.24) is 4.90 Å². The Labute approximate surface area is 126 Å². The van der Waals surface area contributed by atoms with Gasteiger partial charge in [0.1, 0.15) is 0 Å². The number of aryl methyl sites for hydroxylation is 1. The third-order valence-corrected chi connectivity index (χ3v) is 4.34. The molecule has 2 N–H and O–H groups in total. The Bertz CT molecular complexity index is 501. The van der Waals surface area contributed by atoms with Crippen LogP contribution in [0.15, 0.2) is 30.3 Å². The van der Waals surface area contributed by atoms with Crippen molar-refractivity contribution in [3.05, 3.63) is 35.9 Å². The second-order valence-electron chi connectivity index (χ2n) is 6.18. The summed E-state index contributed by atoms with van der Waals surface area (Å²) in [6.45, 7) is 3.07. The Hall–Kier alpha value is -1.84. The van der Waals surface area contributed by atoms with E-state index < -0.39 is 5.41 Å². The number of nitrogens with zero attached hydrogens (tertiary/aromatic N) is 1. The van der Waals surface area contributed by atoms with E-state index in [1.165, 1.54) is 5.56 Å². The molecular weight excluding hydrogens is 264 g/mol. The first-order valence-electron chi connectivity index (χ1n) is 7.63. The van der Waals surface area contributed by atoms with E-state index in [0.29, 0.717) is 13.0 Å². The maximum Gasteiger partial charge on any atom is 0.225 e. The summed E-state index contributed by atoms with van der Waals surface area (Å²) in [5.74, 6) is -0.164. The van der Waals surface area contributed by atoms with Crippen LogP contribution in [0.2, 0.25) is 0 Å². The van der Waals surface area contributed by atoms with E-state index >= 15 is 0 Å². The number of primary amides is 1. The van der Waals surface area contributed by atoms with Crippen LogP contribution in [0.5, 0.6) is 0 Å². The van der Waals surface area contributed by atoms with E-state index in [0.717, 1.165) is 32.2 Å². The fourth-order valence-electron chi connectivity index (χ4n) is 2.90. The SMILES string of the molecule is CC1(C(N)=O)CCCN(C(=O)CCCc2ccccc2)C1. The molecule has 1 atom stereocenters. The van der Waals surface area contributed by atoms with Crippen LogP contribution < -0.4 is 5.73 Å². The molecule has 0 aliphatic carbocycles. The van der Waals surface area contributed by atoms with Crippen molar-refractivity contribution < 1.29 is 9.59 Å². The minimum atomic E-state index is -0.562. The van der Waals surface area contributed by atoms with E-state index in [9.17, 15) is 9.59 Å². The molecule has 0 bridgehead atoms. The minimum absolute atomic E-state index is 0.137. The van der Waals surface area contributed by atoms with E-state index in [2.05, 4.69) is 12.1 Å². The van der Waals surface area contributed by atoms with Gasteiger partial charge in [-0.05, 0) is 38.2 Å². The van der Waals surface area contributed by atoms with E-state index in [4.69, 9.17) is 5.73 Å². The van der Waals surface area contributed by atoms with E-state index in [-0.39, 0.29) is 11.8 Å². The lowest BCUT2D eigenvalue weighted by Crippen LogP contribution is -2.50. The highest BCUT2D eigenvalue weighted by atomic mass is 16.2. The predicted molar refractivity (Wildman–Crippen MR) is 82.5 cm³/mol. The molecule has 4 nitrogen and oxygen atoms in total. The Balaban J connectivity index is 1.82. The maximum atomic E-state index is 12.3. The quantitative estimate of drug-likeness (QED) is 0.902. The first-order chi connectivity index (χ1) is 10.0. The van der Waals surface area contributed by atoms with Gasteiger partial charge in [0.2, 0.25) is 11.8 Å². The molecule has 0 saturated carbocycles. The van der Waals surface area contributed by atoms with E-state index in [1.807, 2.05) is 25.1 Å². The number of piperidine rings is 1. The molecule has 0 aromatic heterocycles. The van der Waals surface area contributed by atoms with Crippen LogP contribution in [0, 0.1) is 5.41 Å². The highest BCUT2D eigenvalue weighted by molar-refractivity contribution is 5.82. The van der Waals surface area contributed by atoms with Crippen LogP contribution in [-0.2, 0) is 16.0 Å². The third kappa shape index (κ3) is 4.06.